The van der Waals surface area contributed by atoms with Crippen molar-refractivity contribution in [2.24, 2.45) is 22.7 Å². The van der Waals surface area contributed by atoms with Gasteiger partial charge in [-0.05, 0) is 80.9 Å². The molecular formula is C22H28O3. The minimum Gasteiger partial charge on any atom is -0.365 e. The summed E-state index contributed by atoms with van der Waals surface area (Å²) in [4.78, 5) is 12.1. The summed E-state index contributed by atoms with van der Waals surface area (Å²) in [5.74, 6) is 1.25. The molecule has 2 N–H and O–H groups in total. The second kappa shape index (κ2) is 5.52. The van der Waals surface area contributed by atoms with E-state index in [1.807, 2.05) is 13.0 Å². The van der Waals surface area contributed by atoms with Crippen LogP contribution in [0.2, 0.25) is 0 Å². The molecule has 0 aliphatic heterocycles. The molecule has 0 bridgehead atoms. The summed E-state index contributed by atoms with van der Waals surface area (Å²) in [6.45, 7) is 6.50. The molecule has 3 heteroatoms. The maximum absolute atomic E-state index is 12.1. The van der Waals surface area contributed by atoms with Gasteiger partial charge in [0.2, 0.25) is 0 Å². The van der Waals surface area contributed by atoms with Crippen LogP contribution in [0.4, 0.5) is 0 Å². The number of carbonyl (C=O) groups excluding carboxylic acids is 1. The molecule has 0 radical (unpaired) electrons. The van der Waals surface area contributed by atoms with Gasteiger partial charge in [0, 0.05) is 5.41 Å². The smallest absolute Gasteiger partial charge is 0.181 e. The summed E-state index contributed by atoms with van der Waals surface area (Å²) in [5.41, 5.74) is 4.76. The zero-order valence-electron chi connectivity index (χ0n) is 15.4. The first-order chi connectivity index (χ1) is 11.8. The first kappa shape index (κ1) is 17.0. The molecule has 4 atom stereocenters. The van der Waals surface area contributed by atoms with Crippen LogP contribution in [0.3, 0.4) is 0 Å². The standard InChI is InChI=1S/C22H28O3/c1-13-12-22(3)14(10-19(13)23)4-6-16-17-7-5-15(11-20(24)25)21(17,2)9-8-18(16)22/h8,10-12,16-17,20,24-25H,4-7,9H2,1-3H3/t16-,17-,21+,22-/m0/s1. The van der Waals surface area contributed by atoms with E-state index in [4.69, 9.17) is 0 Å². The fraction of sp³-hybridized carbons (Fsp3) is 0.591. The second-order valence-electron chi connectivity index (χ2n) is 8.74. The molecule has 3 nitrogen and oxygen atoms in total. The van der Waals surface area contributed by atoms with Crippen LogP contribution in [0.1, 0.15) is 52.9 Å². The van der Waals surface area contributed by atoms with Crippen molar-refractivity contribution in [2.75, 3.05) is 0 Å². The van der Waals surface area contributed by atoms with Crippen LogP contribution in [0, 0.1) is 22.7 Å². The van der Waals surface area contributed by atoms with Gasteiger partial charge < -0.3 is 10.2 Å². The SMILES string of the molecule is CC1=C[C@@]2(C)C(=CC1=O)CC[C@@H]1C2=CC[C@]2(C)C(=CC(O)O)CC[C@@H]12. The summed E-state index contributed by atoms with van der Waals surface area (Å²) >= 11 is 0. The summed E-state index contributed by atoms with van der Waals surface area (Å²) in [6, 6.07) is 0. The average molecular weight is 340 g/mol. The van der Waals surface area contributed by atoms with Gasteiger partial charge in [-0.1, -0.05) is 35.8 Å². The maximum Gasteiger partial charge on any atom is 0.181 e. The number of fused-ring (bicyclic) bond motifs is 5. The van der Waals surface area contributed by atoms with Crippen molar-refractivity contribution < 1.29 is 15.0 Å². The van der Waals surface area contributed by atoms with E-state index in [0.29, 0.717) is 11.8 Å². The molecule has 0 saturated heterocycles. The van der Waals surface area contributed by atoms with Gasteiger partial charge in [0.15, 0.2) is 12.1 Å². The van der Waals surface area contributed by atoms with Crippen LogP contribution in [-0.2, 0) is 4.79 Å². The fourth-order valence-corrected chi connectivity index (χ4v) is 6.11. The van der Waals surface area contributed by atoms with E-state index in [9.17, 15) is 15.0 Å². The van der Waals surface area contributed by atoms with E-state index in [1.165, 1.54) is 16.7 Å². The highest BCUT2D eigenvalue weighted by atomic mass is 16.5. The molecule has 0 heterocycles. The normalized spacial score (nSPS) is 41.8. The van der Waals surface area contributed by atoms with Crippen LogP contribution in [0.5, 0.6) is 0 Å². The lowest BCUT2D eigenvalue weighted by Gasteiger charge is -2.51. The van der Waals surface area contributed by atoms with Crippen molar-refractivity contribution in [1.29, 1.82) is 0 Å². The highest BCUT2D eigenvalue weighted by molar-refractivity contribution is 6.05. The summed E-state index contributed by atoms with van der Waals surface area (Å²) in [5, 5.41) is 18.8. The molecule has 4 aliphatic carbocycles. The van der Waals surface area contributed by atoms with Gasteiger partial charge in [-0.3, -0.25) is 4.79 Å². The van der Waals surface area contributed by atoms with Gasteiger partial charge in [0.1, 0.15) is 0 Å². The van der Waals surface area contributed by atoms with Gasteiger partial charge in [-0.25, -0.2) is 0 Å². The van der Waals surface area contributed by atoms with E-state index in [2.05, 4.69) is 26.0 Å². The molecule has 0 unspecified atom stereocenters. The molecule has 25 heavy (non-hydrogen) atoms. The lowest BCUT2D eigenvalue weighted by atomic mass is 9.52. The van der Waals surface area contributed by atoms with Gasteiger partial charge in [-0.15, -0.1) is 0 Å². The Hall–Kier alpha value is -1.45. The van der Waals surface area contributed by atoms with Crippen molar-refractivity contribution in [3.05, 3.63) is 46.6 Å². The quantitative estimate of drug-likeness (QED) is 0.563. The Morgan fingerprint density at radius 3 is 2.72 bits per heavy atom. The molecule has 0 amide bonds. The number of allylic oxidation sites excluding steroid dienone is 7. The minimum atomic E-state index is -1.36. The van der Waals surface area contributed by atoms with Crippen LogP contribution in [0.15, 0.2) is 46.6 Å². The summed E-state index contributed by atoms with van der Waals surface area (Å²) in [7, 11) is 0. The molecule has 4 aliphatic rings. The first-order valence-electron chi connectivity index (χ1n) is 9.48. The van der Waals surface area contributed by atoms with Crippen LogP contribution >= 0.6 is 0 Å². The Bertz CT molecular complexity index is 751. The van der Waals surface area contributed by atoms with E-state index >= 15 is 0 Å². The number of rotatable bonds is 1. The number of carbonyl (C=O) groups is 1. The number of aliphatic hydroxyl groups is 2. The van der Waals surface area contributed by atoms with Crippen molar-refractivity contribution in [1.82, 2.24) is 0 Å². The molecule has 0 spiro atoms. The van der Waals surface area contributed by atoms with Gasteiger partial charge in [0.25, 0.3) is 0 Å². The zero-order chi connectivity index (χ0) is 18.0. The molecule has 0 aromatic rings. The highest BCUT2D eigenvalue weighted by Crippen LogP contribution is 2.63. The van der Waals surface area contributed by atoms with E-state index in [-0.39, 0.29) is 16.6 Å². The van der Waals surface area contributed by atoms with E-state index < -0.39 is 6.29 Å². The second-order valence-corrected chi connectivity index (χ2v) is 8.74. The Balaban J connectivity index is 1.76. The lowest BCUT2D eigenvalue weighted by molar-refractivity contribution is -0.111. The van der Waals surface area contributed by atoms with Crippen LogP contribution in [-0.4, -0.2) is 22.3 Å². The van der Waals surface area contributed by atoms with Gasteiger partial charge in [-0.2, -0.15) is 0 Å². The topological polar surface area (TPSA) is 57.5 Å². The Kier molecular flexibility index (Phi) is 3.75. The molecule has 2 fully saturated rings. The van der Waals surface area contributed by atoms with Crippen molar-refractivity contribution in [3.63, 3.8) is 0 Å². The van der Waals surface area contributed by atoms with E-state index in [0.717, 1.165) is 37.7 Å². The third-order valence-electron chi connectivity index (χ3n) is 7.45. The lowest BCUT2D eigenvalue weighted by Crippen LogP contribution is -2.42. The van der Waals surface area contributed by atoms with Crippen molar-refractivity contribution >= 4 is 5.78 Å². The van der Waals surface area contributed by atoms with Gasteiger partial charge >= 0.3 is 0 Å². The van der Waals surface area contributed by atoms with Crippen molar-refractivity contribution in [3.8, 4) is 0 Å². The summed E-state index contributed by atoms with van der Waals surface area (Å²) < 4.78 is 0. The van der Waals surface area contributed by atoms with Crippen LogP contribution in [0.25, 0.3) is 0 Å². The number of hydrogen-bond acceptors (Lipinski definition) is 3. The molecule has 2 saturated carbocycles. The number of ketones is 1. The first-order valence-corrected chi connectivity index (χ1v) is 9.48. The zero-order valence-corrected chi connectivity index (χ0v) is 15.4. The molecule has 0 aromatic carbocycles. The number of hydrogen-bond donors (Lipinski definition) is 2. The highest BCUT2D eigenvalue weighted by Gasteiger charge is 2.53. The summed E-state index contributed by atoms with van der Waals surface area (Å²) in [6.07, 6.45) is 11.9. The largest absolute Gasteiger partial charge is 0.365 e. The molecular weight excluding hydrogens is 312 g/mol. The molecule has 4 rings (SSSR count). The average Bonchev–Trinajstić information content (AvgIpc) is 2.85. The minimum absolute atomic E-state index is 0.0404. The van der Waals surface area contributed by atoms with E-state index in [1.54, 1.807) is 6.08 Å². The molecule has 0 aromatic heterocycles. The maximum atomic E-state index is 12.1. The predicted molar refractivity (Wildman–Crippen MR) is 97.5 cm³/mol. The Morgan fingerprint density at radius 2 is 2.00 bits per heavy atom. The molecule has 134 valence electrons. The van der Waals surface area contributed by atoms with Gasteiger partial charge in [0.05, 0.1) is 0 Å². The van der Waals surface area contributed by atoms with Crippen molar-refractivity contribution in [2.45, 2.75) is 59.2 Å². The Labute approximate surface area is 149 Å². The monoisotopic (exact) mass is 340 g/mol. The third kappa shape index (κ3) is 2.36. The third-order valence-corrected chi connectivity index (χ3v) is 7.45. The number of aliphatic hydroxyl groups excluding tert-OH is 1. The fourth-order valence-electron chi connectivity index (χ4n) is 6.11. The predicted octanol–water partition coefficient (Wildman–Crippen LogP) is 3.84. The Morgan fingerprint density at radius 1 is 1.24 bits per heavy atom. The van der Waals surface area contributed by atoms with Crippen LogP contribution < -0.4 is 0 Å².